The first kappa shape index (κ1) is 10.2. The van der Waals surface area contributed by atoms with Gasteiger partial charge in [-0.3, -0.25) is 4.79 Å². The minimum Gasteiger partial charge on any atom is -0.463 e. The summed E-state index contributed by atoms with van der Waals surface area (Å²) >= 11 is 0. The highest BCUT2D eigenvalue weighted by Gasteiger charge is 2.04. The van der Waals surface area contributed by atoms with Gasteiger partial charge in [-0.25, -0.2) is 0 Å². The molecule has 0 amide bonds. The van der Waals surface area contributed by atoms with Gasteiger partial charge in [0, 0.05) is 13.3 Å². The monoisotopic (exact) mass is 156 g/mol. The van der Waals surface area contributed by atoms with Crippen molar-refractivity contribution in [1.82, 2.24) is 0 Å². The molecule has 0 aromatic heterocycles. The summed E-state index contributed by atoms with van der Waals surface area (Å²) in [6.45, 7) is 7.34. The number of esters is 1. The third-order valence-corrected chi connectivity index (χ3v) is 1.47. The van der Waals surface area contributed by atoms with Crippen molar-refractivity contribution < 1.29 is 9.53 Å². The van der Waals surface area contributed by atoms with Crippen LogP contribution in [0.25, 0.3) is 0 Å². The van der Waals surface area contributed by atoms with Crippen LogP contribution in [0.4, 0.5) is 0 Å². The van der Waals surface area contributed by atoms with E-state index in [4.69, 9.17) is 4.74 Å². The van der Waals surface area contributed by atoms with Crippen molar-refractivity contribution in [3.8, 4) is 0 Å². The van der Waals surface area contributed by atoms with Crippen LogP contribution >= 0.6 is 0 Å². The molecule has 0 saturated carbocycles. The molecule has 2 heteroatoms. The molecule has 0 rings (SSSR count). The van der Waals surface area contributed by atoms with Crippen LogP contribution in [0.2, 0.25) is 0 Å². The Balaban J connectivity index is 3.69. The first-order chi connectivity index (χ1) is 5.06. The number of allylic oxidation sites excluding steroid dienone is 1. The largest absolute Gasteiger partial charge is 0.463 e. The Kier molecular flexibility index (Phi) is 4.59. The van der Waals surface area contributed by atoms with E-state index in [9.17, 15) is 4.79 Å². The second-order valence-corrected chi connectivity index (χ2v) is 2.76. The van der Waals surface area contributed by atoms with Crippen molar-refractivity contribution in [3.05, 3.63) is 11.6 Å². The fraction of sp³-hybridized carbons (Fsp3) is 0.667. The maximum absolute atomic E-state index is 10.5. The Morgan fingerprint density at radius 1 is 1.55 bits per heavy atom. The van der Waals surface area contributed by atoms with Gasteiger partial charge in [0.05, 0.1) is 0 Å². The van der Waals surface area contributed by atoms with Gasteiger partial charge in [-0.15, -0.1) is 0 Å². The van der Waals surface area contributed by atoms with E-state index in [0.29, 0.717) is 0 Å². The van der Waals surface area contributed by atoms with E-state index in [2.05, 4.69) is 0 Å². The lowest BCUT2D eigenvalue weighted by molar-refractivity contribution is -0.145. The smallest absolute Gasteiger partial charge is 0.302 e. The summed E-state index contributed by atoms with van der Waals surface area (Å²) < 4.78 is 4.94. The topological polar surface area (TPSA) is 26.3 Å². The average Bonchev–Trinajstić information content (AvgIpc) is 1.85. The van der Waals surface area contributed by atoms with Crippen molar-refractivity contribution in [2.75, 3.05) is 0 Å². The molecule has 0 saturated heterocycles. The van der Waals surface area contributed by atoms with Crippen LogP contribution < -0.4 is 0 Å². The zero-order valence-electron chi connectivity index (χ0n) is 7.68. The highest BCUT2D eigenvalue weighted by Crippen LogP contribution is 2.06. The standard InChI is InChI=1S/C9H16O2/c1-5-7(2)6-8(3)11-9(4)10/h5,8H,6H2,1-4H3. The Labute approximate surface area is 68.2 Å². The van der Waals surface area contributed by atoms with Gasteiger partial charge < -0.3 is 4.74 Å². The fourth-order valence-corrected chi connectivity index (χ4v) is 0.896. The molecule has 0 radical (unpaired) electrons. The van der Waals surface area contributed by atoms with E-state index in [1.165, 1.54) is 12.5 Å². The molecule has 0 N–H and O–H groups in total. The third kappa shape index (κ3) is 5.64. The Morgan fingerprint density at radius 2 is 2.09 bits per heavy atom. The zero-order valence-corrected chi connectivity index (χ0v) is 7.68. The van der Waals surface area contributed by atoms with Crippen LogP contribution in [-0.2, 0) is 9.53 Å². The van der Waals surface area contributed by atoms with E-state index in [0.717, 1.165) is 6.42 Å². The molecular weight excluding hydrogens is 140 g/mol. The van der Waals surface area contributed by atoms with E-state index in [1.54, 1.807) is 0 Å². The van der Waals surface area contributed by atoms with Crippen molar-refractivity contribution in [2.45, 2.75) is 40.2 Å². The third-order valence-electron chi connectivity index (χ3n) is 1.47. The first-order valence-corrected chi connectivity index (χ1v) is 3.85. The van der Waals surface area contributed by atoms with Gasteiger partial charge in [0.15, 0.2) is 0 Å². The predicted molar refractivity (Wildman–Crippen MR) is 45.3 cm³/mol. The molecular formula is C9H16O2. The van der Waals surface area contributed by atoms with Gasteiger partial charge in [0.25, 0.3) is 0 Å². The lowest BCUT2D eigenvalue weighted by Gasteiger charge is -2.11. The first-order valence-electron chi connectivity index (χ1n) is 3.85. The molecule has 0 aliphatic carbocycles. The number of carbonyl (C=O) groups is 1. The van der Waals surface area contributed by atoms with Gasteiger partial charge in [0.2, 0.25) is 0 Å². The predicted octanol–water partition coefficient (Wildman–Crippen LogP) is 2.29. The molecule has 0 fully saturated rings. The summed E-state index contributed by atoms with van der Waals surface area (Å²) in [6.07, 6.45) is 2.86. The molecule has 0 heterocycles. The average molecular weight is 156 g/mol. The molecule has 0 aliphatic heterocycles. The summed E-state index contributed by atoms with van der Waals surface area (Å²) in [7, 11) is 0. The molecule has 2 nitrogen and oxygen atoms in total. The van der Waals surface area contributed by atoms with E-state index >= 15 is 0 Å². The van der Waals surface area contributed by atoms with Crippen LogP contribution in [0, 0.1) is 0 Å². The quantitative estimate of drug-likeness (QED) is 0.463. The minimum atomic E-state index is -0.207. The normalized spacial score (nSPS) is 14.4. The molecule has 0 bridgehead atoms. The lowest BCUT2D eigenvalue weighted by atomic mass is 10.1. The zero-order chi connectivity index (χ0) is 8.85. The number of ether oxygens (including phenoxy) is 1. The van der Waals surface area contributed by atoms with Crippen molar-refractivity contribution in [3.63, 3.8) is 0 Å². The summed E-state index contributed by atoms with van der Waals surface area (Å²) in [5, 5.41) is 0. The molecule has 1 atom stereocenters. The van der Waals surface area contributed by atoms with Crippen LogP contribution in [0.15, 0.2) is 11.6 Å². The number of carbonyl (C=O) groups excluding carboxylic acids is 1. The van der Waals surface area contributed by atoms with Crippen molar-refractivity contribution in [1.29, 1.82) is 0 Å². The van der Waals surface area contributed by atoms with E-state index in [1.807, 2.05) is 26.8 Å². The van der Waals surface area contributed by atoms with Crippen LogP contribution in [0.3, 0.4) is 0 Å². The van der Waals surface area contributed by atoms with Crippen LogP contribution in [-0.4, -0.2) is 12.1 Å². The Morgan fingerprint density at radius 3 is 2.45 bits per heavy atom. The summed E-state index contributed by atoms with van der Waals surface area (Å²) in [5.74, 6) is -0.207. The van der Waals surface area contributed by atoms with Gasteiger partial charge in [-0.1, -0.05) is 11.6 Å². The lowest BCUT2D eigenvalue weighted by Crippen LogP contribution is -2.12. The minimum absolute atomic E-state index is 0.00343. The second-order valence-electron chi connectivity index (χ2n) is 2.76. The summed E-state index contributed by atoms with van der Waals surface area (Å²) in [5.41, 5.74) is 1.25. The fourth-order valence-electron chi connectivity index (χ4n) is 0.896. The number of hydrogen-bond donors (Lipinski definition) is 0. The highest BCUT2D eigenvalue weighted by molar-refractivity contribution is 5.66. The van der Waals surface area contributed by atoms with Gasteiger partial charge in [-0.05, 0) is 20.8 Å². The van der Waals surface area contributed by atoms with Gasteiger partial charge in [0.1, 0.15) is 6.10 Å². The Hall–Kier alpha value is -0.790. The summed E-state index contributed by atoms with van der Waals surface area (Å²) in [4.78, 5) is 10.5. The van der Waals surface area contributed by atoms with Gasteiger partial charge >= 0.3 is 5.97 Å². The van der Waals surface area contributed by atoms with Crippen LogP contribution in [0.1, 0.15) is 34.1 Å². The van der Waals surface area contributed by atoms with Crippen molar-refractivity contribution >= 4 is 5.97 Å². The summed E-state index contributed by atoms with van der Waals surface area (Å²) in [6, 6.07) is 0. The molecule has 0 aromatic carbocycles. The van der Waals surface area contributed by atoms with Crippen LogP contribution in [0.5, 0.6) is 0 Å². The highest BCUT2D eigenvalue weighted by atomic mass is 16.5. The SMILES string of the molecule is CC=C(C)CC(C)OC(C)=O. The van der Waals surface area contributed by atoms with Gasteiger partial charge in [-0.2, -0.15) is 0 Å². The molecule has 0 spiro atoms. The molecule has 11 heavy (non-hydrogen) atoms. The molecule has 0 aliphatic rings. The number of rotatable bonds is 3. The van der Waals surface area contributed by atoms with Crippen molar-refractivity contribution in [2.24, 2.45) is 0 Å². The van der Waals surface area contributed by atoms with E-state index in [-0.39, 0.29) is 12.1 Å². The Bertz CT molecular complexity index is 159. The van der Waals surface area contributed by atoms with E-state index < -0.39 is 0 Å². The number of hydrogen-bond acceptors (Lipinski definition) is 2. The maximum Gasteiger partial charge on any atom is 0.302 e. The molecule has 64 valence electrons. The molecule has 0 aromatic rings. The maximum atomic E-state index is 10.5. The second kappa shape index (κ2) is 4.94. The molecule has 1 unspecified atom stereocenters.